The van der Waals surface area contributed by atoms with Crippen LogP contribution in [0.25, 0.3) is 0 Å². The lowest BCUT2D eigenvalue weighted by atomic mass is 10.2. The molecule has 1 heterocycles. The van der Waals surface area contributed by atoms with E-state index in [1.54, 1.807) is 7.11 Å². The molecule has 0 bridgehead atoms. The summed E-state index contributed by atoms with van der Waals surface area (Å²) >= 11 is 3.44. The molecule has 2 rings (SSSR count). The molecule has 1 unspecified atom stereocenters. The first-order chi connectivity index (χ1) is 8.70. The first-order valence-corrected chi connectivity index (χ1v) is 6.45. The fraction of sp³-hybridized carbons (Fsp3) is 0.500. The predicted octanol–water partition coefficient (Wildman–Crippen LogP) is 1.27. The highest BCUT2D eigenvalue weighted by Gasteiger charge is 2.17. The van der Waals surface area contributed by atoms with Crippen molar-refractivity contribution in [1.82, 2.24) is 5.32 Å². The molecule has 0 spiro atoms. The largest absolute Gasteiger partial charge is 0.454 e. The van der Waals surface area contributed by atoms with E-state index < -0.39 is 6.10 Å². The van der Waals surface area contributed by atoms with Gasteiger partial charge in [0.25, 0.3) is 0 Å². The molecule has 0 amide bonds. The summed E-state index contributed by atoms with van der Waals surface area (Å²) in [5.74, 6) is 1.50. The monoisotopic (exact) mass is 317 g/mol. The van der Waals surface area contributed by atoms with Crippen LogP contribution in [-0.4, -0.2) is 38.3 Å². The summed E-state index contributed by atoms with van der Waals surface area (Å²) in [7, 11) is 1.57. The van der Waals surface area contributed by atoms with Gasteiger partial charge < -0.3 is 24.6 Å². The van der Waals surface area contributed by atoms with Crippen LogP contribution < -0.4 is 14.8 Å². The Hall–Kier alpha value is -0.820. The number of aliphatic hydroxyl groups is 1. The number of hydrogen-bond acceptors (Lipinski definition) is 5. The molecule has 0 saturated carbocycles. The van der Waals surface area contributed by atoms with E-state index in [0.29, 0.717) is 19.7 Å². The van der Waals surface area contributed by atoms with Crippen LogP contribution in [0.1, 0.15) is 5.56 Å². The van der Waals surface area contributed by atoms with Gasteiger partial charge in [-0.05, 0) is 33.6 Å². The standard InChI is InChI=1S/C12H16BrNO4/c1-16-6-9(15)5-14-4-8-2-10(13)12-11(3-8)17-7-18-12/h2-3,9,14-15H,4-7H2,1H3. The summed E-state index contributed by atoms with van der Waals surface area (Å²) in [6.45, 7) is 1.73. The zero-order valence-corrected chi connectivity index (χ0v) is 11.7. The van der Waals surface area contributed by atoms with Crippen molar-refractivity contribution >= 4 is 15.9 Å². The van der Waals surface area contributed by atoms with E-state index in [1.165, 1.54) is 0 Å². The number of benzene rings is 1. The van der Waals surface area contributed by atoms with Gasteiger partial charge in [-0.1, -0.05) is 0 Å². The van der Waals surface area contributed by atoms with Crippen LogP contribution in [0, 0.1) is 0 Å². The maximum atomic E-state index is 9.50. The Kier molecular flexibility index (Phi) is 4.82. The summed E-state index contributed by atoms with van der Waals surface area (Å²) in [6.07, 6.45) is -0.493. The van der Waals surface area contributed by atoms with Gasteiger partial charge in [0.05, 0.1) is 17.2 Å². The minimum Gasteiger partial charge on any atom is -0.454 e. The van der Waals surface area contributed by atoms with Crippen molar-refractivity contribution in [3.63, 3.8) is 0 Å². The number of rotatable bonds is 6. The number of nitrogens with one attached hydrogen (secondary N) is 1. The molecule has 1 atom stereocenters. The predicted molar refractivity (Wildman–Crippen MR) is 69.9 cm³/mol. The lowest BCUT2D eigenvalue weighted by Gasteiger charge is -2.11. The van der Waals surface area contributed by atoms with Crippen molar-refractivity contribution in [2.45, 2.75) is 12.6 Å². The molecule has 5 nitrogen and oxygen atoms in total. The molecule has 6 heteroatoms. The van der Waals surface area contributed by atoms with E-state index in [4.69, 9.17) is 14.2 Å². The van der Waals surface area contributed by atoms with Crippen molar-refractivity contribution in [1.29, 1.82) is 0 Å². The van der Waals surface area contributed by atoms with Crippen LogP contribution in [0.5, 0.6) is 11.5 Å². The van der Waals surface area contributed by atoms with Gasteiger partial charge in [0, 0.05) is 20.2 Å². The summed E-state index contributed by atoms with van der Waals surface area (Å²) < 4.78 is 16.4. The Morgan fingerprint density at radius 1 is 1.50 bits per heavy atom. The molecule has 1 aromatic rings. The third kappa shape index (κ3) is 3.35. The summed E-state index contributed by atoms with van der Waals surface area (Å²) in [6, 6.07) is 3.91. The number of ether oxygens (including phenoxy) is 3. The van der Waals surface area contributed by atoms with Gasteiger partial charge in [0.1, 0.15) is 0 Å². The average Bonchev–Trinajstić information content (AvgIpc) is 2.78. The van der Waals surface area contributed by atoms with Crippen LogP contribution >= 0.6 is 15.9 Å². The Labute approximate surface area is 114 Å². The molecule has 0 radical (unpaired) electrons. The van der Waals surface area contributed by atoms with Gasteiger partial charge in [-0.25, -0.2) is 0 Å². The molecule has 18 heavy (non-hydrogen) atoms. The van der Waals surface area contributed by atoms with Crippen LogP contribution in [0.2, 0.25) is 0 Å². The Morgan fingerprint density at radius 2 is 2.33 bits per heavy atom. The van der Waals surface area contributed by atoms with Crippen LogP contribution in [0.4, 0.5) is 0 Å². The highest BCUT2D eigenvalue weighted by Crippen LogP contribution is 2.39. The Bertz CT molecular complexity index is 413. The van der Waals surface area contributed by atoms with Crippen LogP contribution in [-0.2, 0) is 11.3 Å². The van der Waals surface area contributed by atoms with Crippen molar-refractivity contribution in [2.24, 2.45) is 0 Å². The first kappa shape index (κ1) is 13.6. The maximum Gasteiger partial charge on any atom is 0.231 e. The van der Waals surface area contributed by atoms with Crippen molar-refractivity contribution in [3.8, 4) is 11.5 Å². The van der Waals surface area contributed by atoms with E-state index in [-0.39, 0.29) is 6.79 Å². The minimum absolute atomic E-state index is 0.261. The van der Waals surface area contributed by atoms with E-state index in [1.807, 2.05) is 12.1 Å². The Balaban J connectivity index is 1.88. The normalized spacial score (nSPS) is 14.8. The second kappa shape index (κ2) is 6.38. The smallest absolute Gasteiger partial charge is 0.231 e. The molecule has 1 aliphatic rings. The number of halogens is 1. The fourth-order valence-electron chi connectivity index (χ4n) is 1.76. The molecule has 0 aliphatic carbocycles. The molecule has 100 valence electrons. The van der Waals surface area contributed by atoms with Crippen LogP contribution in [0.15, 0.2) is 16.6 Å². The summed E-state index contributed by atoms with van der Waals surface area (Å²) in [5.41, 5.74) is 1.07. The molecule has 0 fully saturated rings. The zero-order chi connectivity index (χ0) is 13.0. The molecule has 2 N–H and O–H groups in total. The number of hydrogen-bond donors (Lipinski definition) is 2. The molecule has 1 aromatic carbocycles. The zero-order valence-electron chi connectivity index (χ0n) is 10.1. The SMILES string of the molecule is COCC(O)CNCc1cc(Br)c2c(c1)OCO2. The van der Waals surface area contributed by atoms with Gasteiger partial charge in [-0.3, -0.25) is 0 Å². The van der Waals surface area contributed by atoms with Gasteiger partial charge in [-0.15, -0.1) is 0 Å². The molecule has 0 saturated heterocycles. The van der Waals surface area contributed by atoms with Gasteiger partial charge in [-0.2, -0.15) is 0 Å². The number of methoxy groups -OCH3 is 1. The average molecular weight is 318 g/mol. The highest BCUT2D eigenvalue weighted by atomic mass is 79.9. The molecule has 0 aromatic heterocycles. The molecule has 1 aliphatic heterocycles. The van der Waals surface area contributed by atoms with Crippen LogP contribution in [0.3, 0.4) is 0 Å². The topological polar surface area (TPSA) is 60.0 Å². The summed E-state index contributed by atoms with van der Waals surface area (Å²) in [4.78, 5) is 0. The van der Waals surface area contributed by atoms with E-state index in [9.17, 15) is 5.11 Å². The first-order valence-electron chi connectivity index (χ1n) is 5.66. The second-order valence-electron chi connectivity index (χ2n) is 4.05. The minimum atomic E-state index is -0.493. The van der Waals surface area contributed by atoms with E-state index >= 15 is 0 Å². The number of fused-ring (bicyclic) bond motifs is 1. The lowest BCUT2D eigenvalue weighted by molar-refractivity contribution is 0.0644. The Morgan fingerprint density at radius 3 is 3.11 bits per heavy atom. The van der Waals surface area contributed by atoms with E-state index in [0.717, 1.165) is 21.5 Å². The maximum absolute atomic E-state index is 9.50. The second-order valence-corrected chi connectivity index (χ2v) is 4.91. The highest BCUT2D eigenvalue weighted by molar-refractivity contribution is 9.10. The molecular formula is C12H16BrNO4. The summed E-state index contributed by atoms with van der Waals surface area (Å²) in [5, 5.41) is 12.7. The van der Waals surface area contributed by atoms with Crippen molar-refractivity contribution < 1.29 is 19.3 Å². The molecular weight excluding hydrogens is 302 g/mol. The van der Waals surface area contributed by atoms with E-state index in [2.05, 4.69) is 21.2 Å². The fourth-order valence-corrected chi connectivity index (χ4v) is 2.36. The van der Waals surface area contributed by atoms with Gasteiger partial charge in [0.15, 0.2) is 11.5 Å². The van der Waals surface area contributed by atoms with Crippen molar-refractivity contribution in [2.75, 3.05) is 27.1 Å². The van der Waals surface area contributed by atoms with Gasteiger partial charge in [0.2, 0.25) is 6.79 Å². The third-order valence-electron chi connectivity index (χ3n) is 2.56. The van der Waals surface area contributed by atoms with Gasteiger partial charge >= 0.3 is 0 Å². The third-order valence-corrected chi connectivity index (χ3v) is 3.14. The van der Waals surface area contributed by atoms with Crippen molar-refractivity contribution in [3.05, 3.63) is 22.2 Å². The number of aliphatic hydroxyl groups excluding tert-OH is 1. The lowest BCUT2D eigenvalue weighted by Crippen LogP contribution is -2.29. The quantitative estimate of drug-likeness (QED) is 0.827.